The Hall–Kier alpha value is -3.07. The number of sulfonamides is 1. The lowest BCUT2D eigenvalue weighted by molar-refractivity contribution is -0.139. The van der Waals surface area contributed by atoms with Crippen LogP contribution in [-0.2, 0) is 26.2 Å². The first-order valence-corrected chi connectivity index (χ1v) is 14.3. The van der Waals surface area contributed by atoms with Crippen molar-refractivity contribution in [3.8, 4) is 0 Å². The number of aryl methyl sites for hydroxylation is 1. The van der Waals surface area contributed by atoms with Gasteiger partial charge in [-0.05, 0) is 69.7 Å². The highest BCUT2D eigenvalue weighted by atomic mass is 35.5. The van der Waals surface area contributed by atoms with Crippen LogP contribution < -0.4 is 9.62 Å². The van der Waals surface area contributed by atoms with Crippen molar-refractivity contribution in [3.05, 3.63) is 94.0 Å². The number of nitrogens with one attached hydrogen (secondary N) is 1. The third-order valence-corrected chi connectivity index (χ3v) is 8.39. The fourth-order valence-corrected chi connectivity index (χ4v) is 5.54. The van der Waals surface area contributed by atoms with Gasteiger partial charge in [-0.1, -0.05) is 65.2 Å². The molecule has 0 radical (unpaired) electrons. The lowest BCUT2D eigenvalue weighted by Gasteiger charge is -2.32. The Kier molecular flexibility index (Phi) is 9.82. The zero-order valence-corrected chi connectivity index (χ0v) is 24.0. The molecular formula is C28H31Cl2N3O4S. The SMILES string of the molecule is Cc1ccc(N(CC(=O)N(Cc2ccc(Cl)c(Cl)c2)[C@@H](C)C(=O)NC(C)C)S(=O)(=O)c2ccccc2)cc1. The largest absolute Gasteiger partial charge is 0.352 e. The molecule has 0 aliphatic heterocycles. The number of nitrogens with zero attached hydrogens (tertiary/aromatic N) is 2. The van der Waals surface area contributed by atoms with Crippen molar-refractivity contribution in [2.75, 3.05) is 10.8 Å². The average Bonchev–Trinajstić information content (AvgIpc) is 2.88. The van der Waals surface area contributed by atoms with Crippen molar-refractivity contribution in [2.24, 2.45) is 0 Å². The third kappa shape index (κ3) is 7.28. The summed E-state index contributed by atoms with van der Waals surface area (Å²) in [4.78, 5) is 28.2. The molecule has 38 heavy (non-hydrogen) atoms. The maximum atomic E-state index is 13.8. The number of carbonyl (C=O) groups is 2. The summed E-state index contributed by atoms with van der Waals surface area (Å²) < 4.78 is 28.5. The van der Waals surface area contributed by atoms with E-state index in [-0.39, 0.29) is 23.4 Å². The van der Waals surface area contributed by atoms with Crippen LogP contribution in [0.5, 0.6) is 0 Å². The van der Waals surface area contributed by atoms with Gasteiger partial charge >= 0.3 is 0 Å². The molecule has 3 aromatic carbocycles. The van der Waals surface area contributed by atoms with Gasteiger partial charge in [0.1, 0.15) is 12.6 Å². The van der Waals surface area contributed by atoms with Gasteiger partial charge < -0.3 is 10.2 Å². The topological polar surface area (TPSA) is 86.8 Å². The van der Waals surface area contributed by atoms with Crippen molar-refractivity contribution < 1.29 is 18.0 Å². The molecule has 3 rings (SSSR count). The van der Waals surface area contributed by atoms with Crippen molar-refractivity contribution in [1.29, 1.82) is 0 Å². The van der Waals surface area contributed by atoms with Crippen LogP contribution >= 0.6 is 23.2 Å². The Bertz CT molecular complexity index is 1380. The van der Waals surface area contributed by atoms with Gasteiger partial charge in [0.25, 0.3) is 10.0 Å². The first kappa shape index (κ1) is 29.5. The van der Waals surface area contributed by atoms with E-state index in [1.807, 2.05) is 20.8 Å². The van der Waals surface area contributed by atoms with Gasteiger partial charge in [0, 0.05) is 12.6 Å². The minimum atomic E-state index is -4.10. The first-order chi connectivity index (χ1) is 17.9. The number of benzene rings is 3. The van der Waals surface area contributed by atoms with Gasteiger partial charge in [0.2, 0.25) is 11.8 Å². The smallest absolute Gasteiger partial charge is 0.264 e. The summed E-state index contributed by atoms with van der Waals surface area (Å²) in [6.45, 7) is 6.65. The van der Waals surface area contributed by atoms with Gasteiger partial charge in [0.15, 0.2) is 0 Å². The predicted molar refractivity (Wildman–Crippen MR) is 152 cm³/mol. The molecule has 0 fully saturated rings. The minimum absolute atomic E-state index is 0.0233. The van der Waals surface area contributed by atoms with Gasteiger partial charge in [-0.3, -0.25) is 13.9 Å². The average molecular weight is 577 g/mol. The molecule has 7 nitrogen and oxygen atoms in total. The van der Waals surface area contributed by atoms with Crippen LogP contribution in [0, 0.1) is 6.92 Å². The van der Waals surface area contributed by atoms with Gasteiger partial charge in [-0.15, -0.1) is 0 Å². The molecule has 0 saturated carbocycles. The molecule has 0 saturated heterocycles. The molecular weight excluding hydrogens is 545 g/mol. The monoisotopic (exact) mass is 575 g/mol. The lowest BCUT2D eigenvalue weighted by atomic mass is 10.1. The highest BCUT2D eigenvalue weighted by Gasteiger charge is 2.32. The Morgan fingerprint density at radius 1 is 0.895 bits per heavy atom. The Morgan fingerprint density at radius 3 is 2.11 bits per heavy atom. The number of halogens is 2. The second kappa shape index (κ2) is 12.7. The zero-order valence-electron chi connectivity index (χ0n) is 21.7. The standard InChI is InChI=1S/C28H31Cl2N3O4S/c1-19(2)31-28(35)21(4)32(17-22-12-15-25(29)26(30)16-22)27(34)18-33(23-13-10-20(3)11-14-23)38(36,37)24-8-6-5-7-9-24/h5-16,19,21H,17-18H2,1-4H3,(H,31,35)/t21-/m0/s1. The van der Waals surface area contributed by atoms with Crippen LogP contribution in [0.4, 0.5) is 5.69 Å². The molecule has 2 amide bonds. The predicted octanol–water partition coefficient (Wildman–Crippen LogP) is 5.44. The Morgan fingerprint density at radius 2 is 1.53 bits per heavy atom. The second-order valence-electron chi connectivity index (χ2n) is 9.27. The fourth-order valence-electron chi connectivity index (χ4n) is 3.78. The summed E-state index contributed by atoms with van der Waals surface area (Å²) in [6, 6.07) is 18.7. The summed E-state index contributed by atoms with van der Waals surface area (Å²) in [5.74, 6) is -0.913. The van der Waals surface area contributed by atoms with Crippen molar-refractivity contribution in [2.45, 2.75) is 51.2 Å². The molecule has 0 aromatic heterocycles. The summed E-state index contributed by atoms with van der Waals surface area (Å²) in [5.41, 5.74) is 1.92. The van der Waals surface area contributed by atoms with E-state index in [1.54, 1.807) is 67.6 Å². The highest BCUT2D eigenvalue weighted by molar-refractivity contribution is 7.92. The van der Waals surface area contributed by atoms with Crippen LogP contribution in [0.3, 0.4) is 0 Å². The molecule has 0 bridgehead atoms. The number of anilines is 1. The molecule has 0 heterocycles. The molecule has 0 spiro atoms. The molecule has 1 atom stereocenters. The van der Waals surface area contributed by atoms with Crippen LogP contribution in [0.1, 0.15) is 31.9 Å². The van der Waals surface area contributed by atoms with Gasteiger partial charge in [0.05, 0.1) is 20.6 Å². The zero-order chi connectivity index (χ0) is 28.0. The van der Waals surface area contributed by atoms with Crippen molar-refractivity contribution >= 4 is 50.7 Å². The van der Waals surface area contributed by atoms with E-state index >= 15 is 0 Å². The quantitative estimate of drug-likeness (QED) is 0.348. The summed E-state index contributed by atoms with van der Waals surface area (Å²) >= 11 is 12.2. The Labute approximate surface area is 234 Å². The summed E-state index contributed by atoms with van der Waals surface area (Å²) in [7, 11) is -4.10. The maximum absolute atomic E-state index is 13.8. The lowest BCUT2D eigenvalue weighted by Crippen LogP contribution is -2.52. The number of hydrogen-bond acceptors (Lipinski definition) is 4. The maximum Gasteiger partial charge on any atom is 0.264 e. The molecule has 202 valence electrons. The molecule has 0 aliphatic rings. The minimum Gasteiger partial charge on any atom is -0.352 e. The highest BCUT2D eigenvalue weighted by Crippen LogP contribution is 2.26. The molecule has 10 heteroatoms. The second-order valence-corrected chi connectivity index (χ2v) is 11.9. The van der Waals surface area contributed by atoms with Crippen LogP contribution in [-0.4, -0.2) is 43.8 Å². The molecule has 1 N–H and O–H groups in total. The number of carbonyl (C=O) groups excluding carboxylic acids is 2. The normalized spacial score (nSPS) is 12.2. The van der Waals surface area contributed by atoms with Crippen molar-refractivity contribution in [1.82, 2.24) is 10.2 Å². The van der Waals surface area contributed by atoms with Crippen LogP contribution in [0.15, 0.2) is 77.7 Å². The number of amides is 2. The summed E-state index contributed by atoms with van der Waals surface area (Å²) in [6.07, 6.45) is 0. The number of rotatable bonds is 10. The first-order valence-electron chi connectivity index (χ1n) is 12.1. The van der Waals surface area contributed by atoms with E-state index in [1.165, 1.54) is 17.0 Å². The van der Waals surface area contributed by atoms with Gasteiger partial charge in [-0.25, -0.2) is 8.42 Å². The van der Waals surface area contributed by atoms with Crippen LogP contribution in [0.25, 0.3) is 0 Å². The van der Waals surface area contributed by atoms with Crippen LogP contribution in [0.2, 0.25) is 10.0 Å². The van der Waals surface area contributed by atoms with E-state index < -0.39 is 28.5 Å². The van der Waals surface area contributed by atoms with E-state index in [4.69, 9.17) is 23.2 Å². The van der Waals surface area contributed by atoms with E-state index in [9.17, 15) is 18.0 Å². The fraction of sp³-hybridized carbons (Fsp3) is 0.286. The molecule has 3 aromatic rings. The summed E-state index contributed by atoms with van der Waals surface area (Å²) in [5, 5.41) is 3.49. The molecule has 0 aliphatic carbocycles. The van der Waals surface area contributed by atoms with E-state index in [2.05, 4.69) is 5.32 Å². The Balaban J connectivity index is 2.02. The molecule has 0 unspecified atom stereocenters. The van der Waals surface area contributed by atoms with E-state index in [0.717, 1.165) is 9.87 Å². The van der Waals surface area contributed by atoms with Crippen molar-refractivity contribution in [3.63, 3.8) is 0 Å². The number of hydrogen-bond donors (Lipinski definition) is 1. The van der Waals surface area contributed by atoms with Gasteiger partial charge in [-0.2, -0.15) is 0 Å². The van der Waals surface area contributed by atoms with E-state index in [0.29, 0.717) is 21.3 Å². The third-order valence-electron chi connectivity index (χ3n) is 5.87.